The number of aliphatic hydroxyl groups excluding tert-OH is 1. The highest BCUT2D eigenvalue weighted by molar-refractivity contribution is 9.10. The third-order valence-corrected chi connectivity index (χ3v) is 4.35. The zero-order chi connectivity index (χ0) is 13.1. The van der Waals surface area contributed by atoms with Crippen LogP contribution in [-0.4, -0.2) is 5.11 Å². The molecular weight excluding hydrogens is 332 g/mol. The van der Waals surface area contributed by atoms with Crippen molar-refractivity contribution < 1.29 is 5.11 Å². The topological polar surface area (TPSA) is 20.2 Å². The Morgan fingerprint density at radius 3 is 2.50 bits per heavy atom. The van der Waals surface area contributed by atoms with Crippen LogP contribution in [0.3, 0.4) is 0 Å². The molecule has 0 aliphatic carbocycles. The van der Waals surface area contributed by atoms with E-state index in [1.165, 1.54) is 0 Å². The average Bonchev–Trinajstić information content (AvgIpc) is 2.28. The molecule has 0 radical (unpaired) electrons. The summed E-state index contributed by atoms with van der Waals surface area (Å²) in [6.07, 6.45) is -0.468. The van der Waals surface area contributed by atoms with Crippen LogP contribution >= 0.6 is 39.3 Å². The molecule has 1 unspecified atom stereocenters. The van der Waals surface area contributed by atoms with Crippen LogP contribution in [0.4, 0.5) is 0 Å². The summed E-state index contributed by atoms with van der Waals surface area (Å²) in [7, 11) is 0. The summed E-state index contributed by atoms with van der Waals surface area (Å²) in [5.41, 5.74) is 0.894. The molecule has 0 amide bonds. The first-order valence-electron chi connectivity index (χ1n) is 5.47. The molecule has 18 heavy (non-hydrogen) atoms. The second kappa shape index (κ2) is 6.11. The zero-order valence-corrected chi connectivity index (χ0v) is 12.9. The van der Waals surface area contributed by atoms with Gasteiger partial charge in [-0.15, -0.1) is 0 Å². The Balaban J connectivity index is 2.23. The van der Waals surface area contributed by atoms with Gasteiger partial charge in [0.25, 0.3) is 0 Å². The molecule has 0 fully saturated rings. The maximum atomic E-state index is 9.57. The second-order valence-corrected chi connectivity index (χ2v) is 6.36. The Labute approximate surface area is 124 Å². The van der Waals surface area contributed by atoms with E-state index in [1.54, 1.807) is 18.7 Å². The van der Waals surface area contributed by atoms with Crippen molar-refractivity contribution in [3.63, 3.8) is 0 Å². The predicted molar refractivity (Wildman–Crippen MR) is 80.4 cm³/mol. The minimum atomic E-state index is -0.468. The highest BCUT2D eigenvalue weighted by atomic mass is 79.9. The van der Waals surface area contributed by atoms with Crippen molar-refractivity contribution in [2.75, 3.05) is 0 Å². The first kappa shape index (κ1) is 13.9. The van der Waals surface area contributed by atoms with Gasteiger partial charge in [-0.05, 0) is 42.8 Å². The molecule has 94 valence electrons. The van der Waals surface area contributed by atoms with E-state index in [9.17, 15) is 5.11 Å². The largest absolute Gasteiger partial charge is 0.389 e. The molecule has 0 heterocycles. The van der Waals surface area contributed by atoms with Crippen LogP contribution in [0.25, 0.3) is 0 Å². The van der Waals surface area contributed by atoms with Crippen molar-refractivity contribution in [1.29, 1.82) is 0 Å². The van der Waals surface area contributed by atoms with Gasteiger partial charge in [0.05, 0.1) is 6.10 Å². The monoisotopic (exact) mass is 342 g/mol. The highest BCUT2D eigenvalue weighted by Crippen LogP contribution is 2.33. The minimum Gasteiger partial charge on any atom is -0.389 e. The van der Waals surface area contributed by atoms with Crippen molar-refractivity contribution >= 4 is 39.3 Å². The Hall–Kier alpha value is -0.480. The maximum Gasteiger partial charge on any atom is 0.0772 e. The van der Waals surface area contributed by atoms with E-state index in [2.05, 4.69) is 15.9 Å². The fraction of sp³-hybridized carbons (Fsp3) is 0.143. The van der Waals surface area contributed by atoms with Gasteiger partial charge in [-0.2, -0.15) is 0 Å². The van der Waals surface area contributed by atoms with E-state index in [4.69, 9.17) is 11.6 Å². The van der Waals surface area contributed by atoms with E-state index in [0.717, 1.165) is 24.8 Å². The number of benzene rings is 2. The Morgan fingerprint density at radius 2 is 1.89 bits per heavy atom. The van der Waals surface area contributed by atoms with Gasteiger partial charge < -0.3 is 5.11 Å². The average molecular weight is 344 g/mol. The van der Waals surface area contributed by atoms with Crippen molar-refractivity contribution in [2.45, 2.75) is 22.8 Å². The highest BCUT2D eigenvalue weighted by Gasteiger charge is 2.07. The lowest BCUT2D eigenvalue weighted by Gasteiger charge is -2.09. The van der Waals surface area contributed by atoms with Crippen molar-refractivity contribution in [3.05, 3.63) is 57.5 Å². The van der Waals surface area contributed by atoms with Gasteiger partial charge in [-0.25, -0.2) is 0 Å². The van der Waals surface area contributed by atoms with Crippen molar-refractivity contribution in [2.24, 2.45) is 0 Å². The summed E-state index contributed by atoms with van der Waals surface area (Å²) < 4.78 is 0.921. The normalized spacial score (nSPS) is 12.4. The van der Waals surface area contributed by atoms with Crippen LogP contribution < -0.4 is 0 Å². The maximum absolute atomic E-state index is 9.57. The van der Waals surface area contributed by atoms with Gasteiger partial charge in [0.15, 0.2) is 0 Å². The lowest BCUT2D eigenvalue weighted by atomic mass is 10.1. The molecule has 0 saturated heterocycles. The third-order valence-electron chi connectivity index (χ3n) is 2.45. The Kier molecular flexibility index (Phi) is 4.73. The van der Waals surface area contributed by atoms with E-state index in [1.807, 2.05) is 42.5 Å². The third kappa shape index (κ3) is 3.51. The second-order valence-electron chi connectivity index (χ2n) is 3.92. The van der Waals surface area contributed by atoms with Crippen LogP contribution in [0.1, 0.15) is 18.6 Å². The van der Waals surface area contributed by atoms with Crippen LogP contribution in [0.5, 0.6) is 0 Å². The summed E-state index contributed by atoms with van der Waals surface area (Å²) in [5, 5.41) is 10.3. The molecule has 1 atom stereocenters. The summed E-state index contributed by atoms with van der Waals surface area (Å²) in [6.45, 7) is 1.75. The molecule has 2 aromatic rings. The molecule has 0 spiro atoms. The SMILES string of the molecule is CC(O)c1ccc(Sc2cccc(Cl)c2)cc1Br. The first-order valence-corrected chi connectivity index (χ1v) is 7.46. The lowest BCUT2D eigenvalue weighted by molar-refractivity contribution is 0.198. The minimum absolute atomic E-state index is 0.468. The van der Waals surface area contributed by atoms with Gasteiger partial charge >= 0.3 is 0 Å². The molecule has 0 aliphatic rings. The van der Waals surface area contributed by atoms with Gasteiger partial charge in [0.1, 0.15) is 0 Å². The number of hydrogen-bond donors (Lipinski definition) is 1. The van der Waals surface area contributed by atoms with Crippen molar-refractivity contribution in [1.82, 2.24) is 0 Å². The number of halogens is 2. The first-order chi connectivity index (χ1) is 8.56. The molecule has 0 aliphatic heterocycles. The number of rotatable bonds is 3. The molecule has 0 aromatic heterocycles. The molecular formula is C14H12BrClOS. The lowest BCUT2D eigenvalue weighted by Crippen LogP contribution is -1.92. The molecule has 4 heteroatoms. The summed E-state index contributed by atoms with van der Waals surface area (Å²) in [5.74, 6) is 0. The van der Waals surface area contributed by atoms with Gasteiger partial charge in [0, 0.05) is 19.3 Å². The van der Waals surface area contributed by atoms with Crippen molar-refractivity contribution in [3.8, 4) is 0 Å². The summed E-state index contributed by atoms with van der Waals surface area (Å²) in [4.78, 5) is 2.20. The quantitative estimate of drug-likeness (QED) is 0.815. The van der Waals surface area contributed by atoms with Crippen LogP contribution in [0, 0.1) is 0 Å². The van der Waals surface area contributed by atoms with E-state index >= 15 is 0 Å². The predicted octanol–water partition coefficient (Wildman–Crippen LogP) is 5.31. The van der Waals surface area contributed by atoms with Crippen LogP contribution in [-0.2, 0) is 0 Å². The number of aliphatic hydroxyl groups is 1. The summed E-state index contributed by atoms with van der Waals surface area (Å²) >= 11 is 11.1. The van der Waals surface area contributed by atoms with Crippen LogP contribution in [0.15, 0.2) is 56.7 Å². The smallest absolute Gasteiger partial charge is 0.0772 e. The zero-order valence-electron chi connectivity index (χ0n) is 9.73. The van der Waals surface area contributed by atoms with Crippen LogP contribution in [0.2, 0.25) is 5.02 Å². The molecule has 1 N–H and O–H groups in total. The fourth-order valence-electron chi connectivity index (χ4n) is 1.58. The molecule has 2 aromatic carbocycles. The Morgan fingerprint density at radius 1 is 1.17 bits per heavy atom. The van der Waals surface area contributed by atoms with Gasteiger partial charge in [-0.1, -0.05) is 51.4 Å². The van der Waals surface area contributed by atoms with Gasteiger partial charge in [0.2, 0.25) is 0 Å². The van der Waals surface area contributed by atoms with E-state index in [0.29, 0.717) is 0 Å². The van der Waals surface area contributed by atoms with E-state index in [-0.39, 0.29) is 0 Å². The molecule has 1 nitrogen and oxygen atoms in total. The molecule has 0 bridgehead atoms. The number of hydrogen-bond acceptors (Lipinski definition) is 2. The molecule has 2 rings (SSSR count). The van der Waals surface area contributed by atoms with Gasteiger partial charge in [-0.3, -0.25) is 0 Å². The molecule has 0 saturated carbocycles. The van der Waals surface area contributed by atoms with E-state index < -0.39 is 6.10 Å². The Bertz CT molecular complexity index is 557. The fourth-order valence-corrected chi connectivity index (χ4v) is 3.61. The standard InChI is InChI=1S/C14H12BrClOS/c1-9(17)13-6-5-12(8-14(13)15)18-11-4-2-3-10(16)7-11/h2-9,17H,1H3. The summed E-state index contributed by atoms with van der Waals surface area (Å²) in [6, 6.07) is 13.7.